The molecule has 1 aromatic heterocycles. The van der Waals surface area contributed by atoms with Gasteiger partial charge in [-0.15, -0.1) is 0 Å². The molecule has 3 rings (SSSR count). The summed E-state index contributed by atoms with van der Waals surface area (Å²) in [6.07, 6.45) is 0. The number of halogens is 1. The summed E-state index contributed by atoms with van der Waals surface area (Å²) in [5.41, 5.74) is 0.640. The van der Waals surface area contributed by atoms with Crippen LogP contribution < -0.4 is 5.32 Å². The van der Waals surface area contributed by atoms with Gasteiger partial charge in [-0.3, -0.25) is 0 Å². The third-order valence-electron chi connectivity index (χ3n) is 3.29. The van der Waals surface area contributed by atoms with Gasteiger partial charge in [-0.05, 0) is 19.2 Å². The van der Waals surface area contributed by atoms with Crippen molar-refractivity contribution in [2.75, 3.05) is 18.6 Å². The first kappa shape index (κ1) is 12.6. The van der Waals surface area contributed by atoms with Gasteiger partial charge < -0.3 is 9.84 Å². The van der Waals surface area contributed by atoms with Gasteiger partial charge in [-0.1, -0.05) is 17.3 Å². The van der Waals surface area contributed by atoms with Crippen molar-refractivity contribution in [1.29, 1.82) is 0 Å². The Hall–Kier alpha value is -1.40. The van der Waals surface area contributed by atoms with Gasteiger partial charge in [0.05, 0.1) is 5.92 Å². The quantitative estimate of drug-likeness (QED) is 0.934. The smallest absolute Gasteiger partial charge is 0.232 e. The Morgan fingerprint density at radius 2 is 2.32 bits per heavy atom. The molecule has 1 fully saturated rings. The summed E-state index contributed by atoms with van der Waals surface area (Å²) in [6, 6.07) is 6.58. The first-order valence-electron chi connectivity index (χ1n) is 6.12. The molecule has 0 bridgehead atoms. The summed E-state index contributed by atoms with van der Waals surface area (Å²) in [7, 11) is 1.94. The second kappa shape index (κ2) is 5.30. The third-order valence-corrected chi connectivity index (χ3v) is 4.48. The predicted molar refractivity (Wildman–Crippen MR) is 72.6 cm³/mol. The zero-order chi connectivity index (χ0) is 13.2. The maximum atomic E-state index is 13.2. The van der Waals surface area contributed by atoms with Crippen molar-refractivity contribution in [3.05, 3.63) is 36.0 Å². The van der Waals surface area contributed by atoms with E-state index in [1.54, 1.807) is 12.1 Å². The lowest BCUT2D eigenvalue weighted by Gasteiger charge is -2.13. The largest absolute Gasteiger partial charge is 0.339 e. The maximum Gasteiger partial charge on any atom is 0.232 e. The van der Waals surface area contributed by atoms with E-state index in [0.717, 1.165) is 11.5 Å². The normalized spacial score (nSPS) is 22.8. The molecule has 1 aliphatic rings. The van der Waals surface area contributed by atoms with Crippen molar-refractivity contribution in [3.8, 4) is 11.4 Å². The summed E-state index contributed by atoms with van der Waals surface area (Å²) >= 11 is 1.87. The Morgan fingerprint density at radius 1 is 1.42 bits per heavy atom. The van der Waals surface area contributed by atoms with E-state index in [4.69, 9.17) is 4.52 Å². The third kappa shape index (κ3) is 2.50. The van der Waals surface area contributed by atoms with Crippen LogP contribution in [0.5, 0.6) is 0 Å². The fraction of sp³-hybridized carbons (Fsp3) is 0.385. The topological polar surface area (TPSA) is 51.0 Å². The molecule has 6 heteroatoms. The van der Waals surface area contributed by atoms with Gasteiger partial charge in [0, 0.05) is 23.1 Å². The molecule has 2 unspecified atom stereocenters. The summed E-state index contributed by atoms with van der Waals surface area (Å²) in [4.78, 5) is 4.40. The standard InChI is InChI=1S/C13H14FN3OS/c1-15-11-7-19-6-10(11)13-16-12(17-18-13)8-3-2-4-9(14)5-8/h2-5,10-11,15H,6-7H2,1H3. The molecule has 0 spiro atoms. The number of hydrogen-bond acceptors (Lipinski definition) is 5. The number of hydrogen-bond donors (Lipinski definition) is 1. The minimum Gasteiger partial charge on any atom is -0.339 e. The molecule has 19 heavy (non-hydrogen) atoms. The van der Waals surface area contributed by atoms with Crippen LogP contribution in [-0.2, 0) is 0 Å². The van der Waals surface area contributed by atoms with Crippen LogP contribution in [0.25, 0.3) is 11.4 Å². The average molecular weight is 279 g/mol. The minimum atomic E-state index is -0.298. The van der Waals surface area contributed by atoms with Gasteiger partial charge in [-0.25, -0.2) is 4.39 Å². The van der Waals surface area contributed by atoms with Crippen molar-refractivity contribution in [2.24, 2.45) is 0 Å². The van der Waals surface area contributed by atoms with Gasteiger partial charge in [0.2, 0.25) is 11.7 Å². The number of nitrogens with zero attached hydrogens (tertiary/aromatic N) is 2. The summed E-state index contributed by atoms with van der Waals surface area (Å²) in [6.45, 7) is 0. The number of thioether (sulfide) groups is 1. The van der Waals surface area contributed by atoms with Gasteiger partial charge in [0.25, 0.3) is 0 Å². The van der Waals surface area contributed by atoms with Crippen LogP contribution in [0.4, 0.5) is 4.39 Å². The highest BCUT2D eigenvalue weighted by molar-refractivity contribution is 7.99. The Balaban J connectivity index is 1.87. The molecule has 0 radical (unpaired) electrons. The van der Waals surface area contributed by atoms with Crippen LogP contribution in [-0.4, -0.2) is 34.7 Å². The number of aromatic nitrogens is 2. The second-order valence-corrected chi connectivity index (χ2v) is 5.58. The van der Waals surface area contributed by atoms with E-state index in [0.29, 0.717) is 23.3 Å². The molecular formula is C13H14FN3OS. The summed E-state index contributed by atoms with van der Waals surface area (Å²) in [5, 5.41) is 7.21. The first-order chi connectivity index (χ1) is 9.28. The van der Waals surface area contributed by atoms with Crippen molar-refractivity contribution in [2.45, 2.75) is 12.0 Å². The number of likely N-dealkylation sites (N-methyl/N-ethyl adjacent to an activating group) is 1. The van der Waals surface area contributed by atoms with Crippen molar-refractivity contribution < 1.29 is 8.91 Å². The zero-order valence-corrected chi connectivity index (χ0v) is 11.3. The Labute approximate surface area is 114 Å². The van der Waals surface area contributed by atoms with Crippen LogP contribution in [0.15, 0.2) is 28.8 Å². The highest BCUT2D eigenvalue weighted by Crippen LogP contribution is 2.32. The predicted octanol–water partition coefficient (Wildman–Crippen LogP) is 2.29. The van der Waals surface area contributed by atoms with Gasteiger partial charge >= 0.3 is 0 Å². The van der Waals surface area contributed by atoms with E-state index >= 15 is 0 Å². The molecule has 2 heterocycles. The highest BCUT2D eigenvalue weighted by Gasteiger charge is 2.32. The fourth-order valence-electron chi connectivity index (χ4n) is 2.21. The number of rotatable bonds is 3. The van der Waals surface area contributed by atoms with E-state index in [2.05, 4.69) is 15.5 Å². The molecule has 0 saturated carbocycles. The summed E-state index contributed by atoms with van der Waals surface area (Å²) < 4.78 is 18.5. The van der Waals surface area contributed by atoms with Gasteiger partial charge in [-0.2, -0.15) is 16.7 Å². The Kier molecular flexibility index (Phi) is 3.52. The lowest BCUT2D eigenvalue weighted by Crippen LogP contribution is -2.31. The van der Waals surface area contributed by atoms with Crippen LogP contribution in [0.3, 0.4) is 0 Å². The molecule has 1 saturated heterocycles. The fourth-order valence-corrected chi connectivity index (χ4v) is 3.63. The van der Waals surface area contributed by atoms with Crippen LogP contribution in [0, 0.1) is 5.82 Å². The zero-order valence-electron chi connectivity index (χ0n) is 10.5. The molecule has 100 valence electrons. The molecule has 0 amide bonds. The molecule has 2 aromatic rings. The number of nitrogens with one attached hydrogen (secondary N) is 1. The van der Waals surface area contributed by atoms with Gasteiger partial charge in [0.15, 0.2) is 0 Å². The van der Waals surface area contributed by atoms with E-state index in [1.807, 2.05) is 18.8 Å². The summed E-state index contributed by atoms with van der Waals surface area (Å²) in [5.74, 6) is 3.01. The lowest BCUT2D eigenvalue weighted by molar-refractivity contribution is 0.344. The van der Waals surface area contributed by atoms with E-state index in [1.165, 1.54) is 12.1 Å². The van der Waals surface area contributed by atoms with E-state index in [9.17, 15) is 4.39 Å². The van der Waals surface area contributed by atoms with Crippen LogP contribution in [0.2, 0.25) is 0 Å². The SMILES string of the molecule is CNC1CSCC1c1nc(-c2cccc(F)c2)no1. The van der Waals surface area contributed by atoms with Crippen LogP contribution >= 0.6 is 11.8 Å². The molecule has 1 aromatic carbocycles. The van der Waals surface area contributed by atoms with E-state index in [-0.39, 0.29) is 11.7 Å². The van der Waals surface area contributed by atoms with Crippen molar-refractivity contribution in [3.63, 3.8) is 0 Å². The van der Waals surface area contributed by atoms with Crippen molar-refractivity contribution >= 4 is 11.8 Å². The first-order valence-corrected chi connectivity index (χ1v) is 7.28. The molecule has 4 nitrogen and oxygen atoms in total. The monoisotopic (exact) mass is 279 g/mol. The average Bonchev–Trinajstić information content (AvgIpc) is 3.07. The maximum absolute atomic E-state index is 13.2. The molecular weight excluding hydrogens is 265 g/mol. The van der Waals surface area contributed by atoms with E-state index < -0.39 is 0 Å². The molecule has 2 atom stereocenters. The Morgan fingerprint density at radius 3 is 3.11 bits per heavy atom. The highest BCUT2D eigenvalue weighted by atomic mass is 32.2. The Bertz CT molecular complexity index is 575. The molecule has 1 N–H and O–H groups in total. The number of benzene rings is 1. The molecule has 0 aliphatic carbocycles. The lowest BCUT2D eigenvalue weighted by atomic mass is 10.0. The molecule has 1 aliphatic heterocycles. The minimum absolute atomic E-state index is 0.227. The van der Waals surface area contributed by atoms with Gasteiger partial charge in [0.1, 0.15) is 5.82 Å². The van der Waals surface area contributed by atoms with Crippen LogP contribution in [0.1, 0.15) is 11.8 Å². The van der Waals surface area contributed by atoms with Crippen molar-refractivity contribution in [1.82, 2.24) is 15.5 Å². The second-order valence-electron chi connectivity index (χ2n) is 4.51.